The summed E-state index contributed by atoms with van der Waals surface area (Å²) in [6.07, 6.45) is 7.14. The molecule has 0 saturated carbocycles. The second-order valence-electron chi connectivity index (χ2n) is 12.3. The molecule has 3 aliphatic heterocycles. The Kier molecular flexibility index (Phi) is 13.3. The number of ether oxygens (including phenoxy) is 6. The second-order valence-corrected chi connectivity index (χ2v) is 12.3. The molecule has 3 rings (SSSR count). The van der Waals surface area contributed by atoms with Crippen LogP contribution in [0.5, 0.6) is 0 Å². The first-order chi connectivity index (χ1) is 18.5. The SMILES string of the molecule is CCCCCCCCCCC(O)CN(CCO)CC(O)COC[C@H]1O[C@@H]2OC(C)(C)O[C@@H]2[C@H]2OC(C)(C)O[C@H]21. The second kappa shape index (κ2) is 15.7. The number of aliphatic hydroxyl groups is 3. The number of unbranched alkanes of at least 4 members (excludes halogenated alkanes) is 7. The van der Waals surface area contributed by atoms with Gasteiger partial charge in [0.05, 0.1) is 32.0 Å². The van der Waals surface area contributed by atoms with E-state index >= 15 is 0 Å². The van der Waals surface area contributed by atoms with Crippen molar-refractivity contribution < 1.29 is 43.7 Å². The van der Waals surface area contributed by atoms with E-state index in [-0.39, 0.29) is 32.0 Å². The van der Waals surface area contributed by atoms with Gasteiger partial charge in [-0.3, -0.25) is 4.90 Å². The van der Waals surface area contributed by atoms with E-state index in [4.69, 9.17) is 28.4 Å². The Bertz CT molecular complexity index is 694. The number of aliphatic hydroxyl groups excluding tert-OH is 3. The van der Waals surface area contributed by atoms with E-state index < -0.39 is 42.3 Å². The Hall–Kier alpha value is -0.400. The fourth-order valence-corrected chi connectivity index (χ4v) is 5.80. The van der Waals surface area contributed by atoms with Crippen molar-refractivity contribution in [2.75, 3.05) is 39.5 Å². The average Bonchev–Trinajstić information content (AvgIpc) is 3.34. The maximum atomic E-state index is 10.6. The van der Waals surface area contributed by atoms with E-state index in [1.54, 1.807) is 0 Å². The average molecular weight is 562 g/mol. The van der Waals surface area contributed by atoms with Gasteiger partial charge in [0.2, 0.25) is 0 Å². The number of fused-ring (bicyclic) bond motifs is 3. The summed E-state index contributed by atoms with van der Waals surface area (Å²) in [4.78, 5) is 1.89. The number of nitrogens with zero attached hydrogens (tertiary/aromatic N) is 1. The van der Waals surface area contributed by atoms with Crippen LogP contribution >= 0.6 is 0 Å². The van der Waals surface area contributed by atoms with Gasteiger partial charge in [0, 0.05) is 19.6 Å². The Morgan fingerprint density at radius 2 is 1.36 bits per heavy atom. The van der Waals surface area contributed by atoms with Crippen LogP contribution in [0, 0.1) is 0 Å². The minimum atomic E-state index is -0.781. The van der Waals surface area contributed by atoms with Gasteiger partial charge in [-0.1, -0.05) is 58.3 Å². The van der Waals surface area contributed by atoms with Gasteiger partial charge in [0.25, 0.3) is 0 Å². The lowest BCUT2D eigenvalue weighted by molar-refractivity contribution is -0.244. The predicted octanol–water partition coefficient (Wildman–Crippen LogP) is 2.95. The molecule has 2 unspecified atom stereocenters. The molecule has 3 aliphatic rings. The highest BCUT2D eigenvalue weighted by molar-refractivity contribution is 5.00. The van der Waals surface area contributed by atoms with Crippen LogP contribution in [0.25, 0.3) is 0 Å². The minimum absolute atomic E-state index is 0.0366. The summed E-state index contributed by atoms with van der Waals surface area (Å²) >= 11 is 0. The lowest BCUT2D eigenvalue weighted by Gasteiger charge is -2.37. The van der Waals surface area contributed by atoms with Gasteiger partial charge in [-0.25, -0.2) is 0 Å². The van der Waals surface area contributed by atoms with Crippen molar-refractivity contribution in [1.29, 1.82) is 0 Å². The van der Waals surface area contributed by atoms with Crippen LogP contribution in [0.15, 0.2) is 0 Å². The van der Waals surface area contributed by atoms with Gasteiger partial charge in [0.15, 0.2) is 17.9 Å². The molecule has 3 heterocycles. The van der Waals surface area contributed by atoms with E-state index in [9.17, 15) is 15.3 Å². The van der Waals surface area contributed by atoms with Gasteiger partial charge in [0.1, 0.15) is 24.4 Å². The molecule has 7 atom stereocenters. The zero-order valence-corrected chi connectivity index (χ0v) is 24.9. The van der Waals surface area contributed by atoms with Crippen LogP contribution in [0.2, 0.25) is 0 Å². The fourth-order valence-electron chi connectivity index (χ4n) is 5.80. The van der Waals surface area contributed by atoms with Crippen LogP contribution in [-0.4, -0.2) is 114 Å². The van der Waals surface area contributed by atoms with Gasteiger partial charge >= 0.3 is 0 Å². The summed E-state index contributed by atoms with van der Waals surface area (Å²) in [6.45, 7) is 11.0. The molecule has 0 aromatic carbocycles. The first kappa shape index (κ1) is 33.1. The first-order valence-electron chi connectivity index (χ1n) is 15.2. The molecule has 0 aliphatic carbocycles. The monoisotopic (exact) mass is 561 g/mol. The third-order valence-electron chi connectivity index (χ3n) is 7.59. The molecule has 0 spiro atoms. The van der Waals surface area contributed by atoms with E-state index in [1.807, 2.05) is 32.6 Å². The standard InChI is InChI=1S/C29H55NO9/c1-6-7-8-9-10-11-12-13-14-21(32)17-30(15-16-31)18-22(33)19-34-20-23-24-25(37-28(2,3)36-24)26-27(35-23)39-29(4,5)38-26/h21-27,31-33H,6-20H2,1-5H3/t21?,22?,23-,24+,25+,26-,27-/m1/s1. The summed E-state index contributed by atoms with van der Waals surface area (Å²) < 4.78 is 36.2. The minimum Gasteiger partial charge on any atom is -0.395 e. The molecule has 0 amide bonds. The van der Waals surface area contributed by atoms with Crippen molar-refractivity contribution in [3.05, 3.63) is 0 Å². The van der Waals surface area contributed by atoms with E-state index in [1.165, 1.54) is 38.5 Å². The smallest absolute Gasteiger partial charge is 0.190 e. The molecule has 3 N–H and O–H groups in total. The van der Waals surface area contributed by atoms with Crippen LogP contribution in [0.4, 0.5) is 0 Å². The topological polar surface area (TPSA) is 119 Å². The number of rotatable bonds is 19. The fraction of sp³-hybridized carbons (Fsp3) is 1.00. The van der Waals surface area contributed by atoms with Gasteiger partial charge in [-0.15, -0.1) is 0 Å². The predicted molar refractivity (Wildman–Crippen MR) is 146 cm³/mol. The van der Waals surface area contributed by atoms with Gasteiger partial charge in [-0.05, 0) is 34.1 Å². The van der Waals surface area contributed by atoms with Crippen LogP contribution in [0.1, 0.15) is 92.4 Å². The zero-order chi connectivity index (χ0) is 28.5. The molecule has 0 radical (unpaired) electrons. The lowest BCUT2D eigenvalue weighted by Crippen LogP contribution is -2.56. The van der Waals surface area contributed by atoms with Crippen molar-refractivity contribution >= 4 is 0 Å². The number of hydrogen-bond acceptors (Lipinski definition) is 10. The summed E-state index contributed by atoms with van der Waals surface area (Å²) in [5, 5.41) is 30.6. The molecule has 39 heavy (non-hydrogen) atoms. The number of hydrogen-bond donors (Lipinski definition) is 3. The molecule has 10 nitrogen and oxygen atoms in total. The van der Waals surface area contributed by atoms with Crippen molar-refractivity contribution in [3.8, 4) is 0 Å². The summed E-state index contributed by atoms with van der Waals surface area (Å²) in [5.74, 6) is -1.56. The van der Waals surface area contributed by atoms with Crippen LogP contribution < -0.4 is 0 Å². The molecular weight excluding hydrogens is 506 g/mol. The van der Waals surface area contributed by atoms with E-state index in [0.29, 0.717) is 19.6 Å². The van der Waals surface area contributed by atoms with Crippen molar-refractivity contribution in [3.63, 3.8) is 0 Å². The molecule has 3 saturated heterocycles. The Labute approximate surface area is 235 Å². The third-order valence-corrected chi connectivity index (χ3v) is 7.59. The zero-order valence-electron chi connectivity index (χ0n) is 24.9. The summed E-state index contributed by atoms with van der Waals surface area (Å²) in [6, 6.07) is 0. The quantitative estimate of drug-likeness (QED) is 0.203. The molecule has 0 bridgehead atoms. The van der Waals surface area contributed by atoms with Gasteiger partial charge < -0.3 is 43.7 Å². The van der Waals surface area contributed by atoms with Crippen LogP contribution in [-0.2, 0) is 28.4 Å². The van der Waals surface area contributed by atoms with Crippen molar-refractivity contribution in [2.24, 2.45) is 0 Å². The van der Waals surface area contributed by atoms with Crippen LogP contribution in [0.3, 0.4) is 0 Å². The maximum absolute atomic E-state index is 10.6. The molecule has 3 fully saturated rings. The van der Waals surface area contributed by atoms with E-state index in [2.05, 4.69) is 6.92 Å². The molecule has 0 aromatic rings. The normalized spacial score (nSPS) is 30.8. The highest BCUT2D eigenvalue weighted by Crippen LogP contribution is 2.44. The molecule has 0 aromatic heterocycles. The molecular formula is C29H55NO9. The highest BCUT2D eigenvalue weighted by Gasteiger charge is 2.60. The Morgan fingerprint density at radius 3 is 2.05 bits per heavy atom. The lowest BCUT2D eigenvalue weighted by atomic mass is 9.99. The van der Waals surface area contributed by atoms with Crippen molar-refractivity contribution in [2.45, 2.75) is 147 Å². The largest absolute Gasteiger partial charge is 0.395 e. The van der Waals surface area contributed by atoms with Crippen molar-refractivity contribution in [1.82, 2.24) is 4.90 Å². The molecule has 10 heteroatoms. The Morgan fingerprint density at radius 1 is 0.769 bits per heavy atom. The van der Waals surface area contributed by atoms with E-state index in [0.717, 1.165) is 19.3 Å². The Balaban J connectivity index is 1.37. The maximum Gasteiger partial charge on any atom is 0.190 e. The first-order valence-corrected chi connectivity index (χ1v) is 15.2. The van der Waals surface area contributed by atoms with Gasteiger partial charge in [-0.2, -0.15) is 0 Å². The highest BCUT2D eigenvalue weighted by atomic mass is 16.9. The summed E-state index contributed by atoms with van der Waals surface area (Å²) in [5.41, 5.74) is 0. The molecule has 230 valence electrons. The third kappa shape index (κ3) is 10.7. The summed E-state index contributed by atoms with van der Waals surface area (Å²) in [7, 11) is 0.